The highest BCUT2D eigenvalue weighted by atomic mass is 16.6. The monoisotopic (exact) mass is 256 g/mol. The lowest BCUT2D eigenvalue weighted by atomic mass is 10.1. The van der Waals surface area contributed by atoms with Crippen molar-refractivity contribution in [3.05, 3.63) is 0 Å². The highest BCUT2D eigenvalue weighted by Gasteiger charge is 2.33. The smallest absolute Gasteiger partial charge is 0.410 e. The summed E-state index contributed by atoms with van der Waals surface area (Å²) in [7, 11) is 0. The second kappa shape index (κ2) is 6.07. The molecule has 1 aliphatic rings. The third kappa shape index (κ3) is 4.55. The zero-order chi connectivity index (χ0) is 13.8. The summed E-state index contributed by atoms with van der Waals surface area (Å²) in [5.74, 6) is -0.0491. The van der Waals surface area contributed by atoms with Crippen molar-refractivity contribution in [1.29, 1.82) is 0 Å². The molecule has 0 bridgehead atoms. The third-order valence-corrected chi connectivity index (χ3v) is 2.76. The van der Waals surface area contributed by atoms with Crippen LogP contribution in [0.2, 0.25) is 0 Å². The summed E-state index contributed by atoms with van der Waals surface area (Å²) in [6.07, 6.45) is 1.32. The molecule has 0 saturated carbocycles. The van der Waals surface area contributed by atoms with Crippen LogP contribution in [0.4, 0.5) is 4.79 Å². The molecule has 0 aromatic carbocycles. The Kier molecular flexibility index (Phi) is 4.99. The topological polar surface area (TPSA) is 58.6 Å². The van der Waals surface area contributed by atoms with Crippen LogP contribution in [0, 0.1) is 5.92 Å². The van der Waals surface area contributed by atoms with Gasteiger partial charge in [-0.2, -0.15) is 0 Å². The van der Waals surface area contributed by atoms with Crippen LogP contribution in [-0.2, 0) is 9.53 Å². The van der Waals surface area contributed by atoms with E-state index >= 15 is 0 Å². The Labute approximate surface area is 109 Å². The van der Waals surface area contributed by atoms with E-state index in [1.807, 2.05) is 27.7 Å². The van der Waals surface area contributed by atoms with E-state index in [0.717, 1.165) is 12.8 Å². The minimum absolute atomic E-state index is 0.0444. The molecular formula is C13H24N2O3. The van der Waals surface area contributed by atoms with Crippen molar-refractivity contribution < 1.29 is 14.3 Å². The summed E-state index contributed by atoms with van der Waals surface area (Å²) < 4.78 is 5.29. The largest absolute Gasteiger partial charge is 0.444 e. The fourth-order valence-corrected chi connectivity index (χ4v) is 1.86. The van der Waals surface area contributed by atoms with Crippen LogP contribution in [0.3, 0.4) is 0 Å². The van der Waals surface area contributed by atoms with Gasteiger partial charge in [0.05, 0.1) is 5.92 Å². The average Bonchev–Trinajstić information content (AvgIpc) is 2.72. The molecule has 1 heterocycles. The Morgan fingerprint density at radius 2 is 2.06 bits per heavy atom. The normalized spacial score (nSPS) is 19.8. The van der Waals surface area contributed by atoms with Gasteiger partial charge in [0.25, 0.3) is 0 Å². The fourth-order valence-electron chi connectivity index (χ4n) is 1.86. The Morgan fingerprint density at radius 1 is 1.39 bits per heavy atom. The summed E-state index contributed by atoms with van der Waals surface area (Å²) in [5.41, 5.74) is -0.486. The minimum atomic E-state index is -0.486. The molecule has 18 heavy (non-hydrogen) atoms. The van der Waals surface area contributed by atoms with Crippen LogP contribution in [0.5, 0.6) is 0 Å². The molecule has 1 rings (SSSR count). The lowest BCUT2D eigenvalue weighted by molar-refractivity contribution is -0.124. The maximum atomic E-state index is 11.8. The summed E-state index contributed by atoms with van der Waals surface area (Å²) in [5, 5.41) is 2.86. The van der Waals surface area contributed by atoms with E-state index < -0.39 is 5.60 Å². The van der Waals surface area contributed by atoms with Crippen LogP contribution >= 0.6 is 0 Å². The van der Waals surface area contributed by atoms with Gasteiger partial charge in [-0.25, -0.2) is 4.79 Å². The predicted octanol–water partition coefficient (Wildman–Crippen LogP) is 1.77. The van der Waals surface area contributed by atoms with Crippen LogP contribution in [0.15, 0.2) is 0 Å². The van der Waals surface area contributed by atoms with Crippen molar-refractivity contribution in [2.75, 3.05) is 19.6 Å². The summed E-state index contributed by atoms with van der Waals surface area (Å²) in [4.78, 5) is 25.2. The Morgan fingerprint density at radius 3 is 2.61 bits per heavy atom. The first kappa shape index (κ1) is 14.8. The molecule has 1 atom stereocenters. The van der Waals surface area contributed by atoms with E-state index in [1.165, 1.54) is 0 Å². The summed E-state index contributed by atoms with van der Waals surface area (Å²) >= 11 is 0. The van der Waals surface area contributed by atoms with Gasteiger partial charge in [0.15, 0.2) is 0 Å². The Hall–Kier alpha value is -1.26. The van der Waals surface area contributed by atoms with Crippen molar-refractivity contribution in [1.82, 2.24) is 10.2 Å². The van der Waals surface area contributed by atoms with Gasteiger partial charge in [0.2, 0.25) is 5.91 Å². The number of amides is 2. The molecule has 1 saturated heterocycles. The lowest BCUT2D eigenvalue weighted by Gasteiger charge is -2.24. The minimum Gasteiger partial charge on any atom is -0.444 e. The molecule has 2 amide bonds. The molecule has 1 aliphatic heterocycles. The maximum absolute atomic E-state index is 11.8. The molecule has 5 heteroatoms. The van der Waals surface area contributed by atoms with Crippen molar-refractivity contribution in [3.63, 3.8) is 0 Å². The zero-order valence-electron chi connectivity index (χ0n) is 11.8. The molecule has 0 aromatic rings. The van der Waals surface area contributed by atoms with Gasteiger partial charge in [-0.1, -0.05) is 6.92 Å². The number of hydrogen-bond acceptors (Lipinski definition) is 3. The molecule has 0 aliphatic carbocycles. The van der Waals surface area contributed by atoms with Gasteiger partial charge in [-0.05, 0) is 33.6 Å². The highest BCUT2D eigenvalue weighted by Crippen LogP contribution is 2.19. The van der Waals surface area contributed by atoms with E-state index in [1.54, 1.807) is 4.90 Å². The number of rotatable bonds is 3. The molecule has 104 valence electrons. The molecule has 0 aromatic heterocycles. The van der Waals surface area contributed by atoms with Crippen molar-refractivity contribution >= 4 is 12.0 Å². The highest BCUT2D eigenvalue weighted by molar-refractivity contribution is 5.80. The van der Waals surface area contributed by atoms with Gasteiger partial charge in [0.1, 0.15) is 5.60 Å². The second-order valence-electron chi connectivity index (χ2n) is 5.70. The molecule has 5 nitrogen and oxygen atoms in total. The number of carbonyl (C=O) groups is 2. The molecule has 0 spiro atoms. The average molecular weight is 256 g/mol. The van der Waals surface area contributed by atoms with Gasteiger partial charge in [-0.3, -0.25) is 4.79 Å². The van der Waals surface area contributed by atoms with Gasteiger partial charge in [0, 0.05) is 19.6 Å². The fraction of sp³-hybridized carbons (Fsp3) is 0.846. The van der Waals surface area contributed by atoms with Gasteiger partial charge < -0.3 is 15.0 Å². The number of carbonyl (C=O) groups excluding carboxylic acids is 2. The number of nitrogens with one attached hydrogen (secondary N) is 1. The van der Waals surface area contributed by atoms with Crippen molar-refractivity contribution in [3.8, 4) is 0 Å². The van der Waals surface area contributed by atoms with Crippen LogP contribution in [-0.4, -0.2) is 42.1 Å². The number of hydrogen-bond donors (Lipinski definition) is 1. The van der Waals surface area contributed by atoms with Crippen LogP contribution in [0.1, 0.15) is 40.5 Å². The first-order valence-electron chi connectivity index (χ1n) is 6.59. The van der Waals surface area contributed by atoms with Gasteiger partial charge in [-0.15, -0.1) is 0 Å². The molecule has 1 fully saturated rings. The summed E-state index contributed by atoms with van der Waals surface area (Å²) in [6, 6.07) is 0. The maximum Gasteiger partial charge on any atom is 0.410 e. The van der Waals surface area contributed by atoms with E-state index in [-0.39, 0.29) is 17.9 Å². The number of nitrogens with zero attached hydrogens (tertiary/aromatic N) is 1. The van der Waals surface area contributed by atoms with Crippen LogP contribution in [0.25, 0.3) is 0 Å². The summed E-state index contributed by atoms with van der Waals surface area (Å²) in [6.45, 7) is 9.29. The SMILES string of the molecule is CCCNC(=O)C1CCN(C(=O)OC(C)(C)C)C1. The molecule has 1 N–H and O–H groups in total. The zero-order valence-corrected chi connectivity index (χ0v) is 11.8. The quantitative estimate of drug-likeness (QED) is 0.837. The first-order chi connectivity index (χ1) is 8.33. The molecule has 0 radical (unpaired) electrons. The predicted molar refractivity (Wildman–Crippen MR) is 69.2 cm³/mol. The Balaban J connectivity index is 2.41. The van der Waals surface area contributed by atoms with Crippen molar-refractivity contribution in [2.24, 2.45) is 5.92 Å². The van der Waals surface area contributed by atoms with E-state index in [2.05, 4.69) is 5.32 Å². The second-order valence-corrected chi connectivity index (χ2v) is 5.70. The van der Waals surface area contributed by atoms with E-state index in [0.29, 0.717) is 19.6 Å². The lowest BCUT2D eigenvalue weighted by Crippen LogP contribution is -2.37. The van der Waals surface area contributed by atoms with E-state index in [9.17, 15) is 9.59 Å². The number of ether oxygens (including phenoxy) is 1. The molecular weight excluding hydrogens is 232 g/mol. The Bertz CT molecular complexity index is 310. The third-order valence-electron chi connectivity index (χ3n) is 2.76. The molecule has 1 unspecified atom stereocenters. The van der Waals surface area contributed by atoms with Crippen LogP contribution < -0.4 is 5.32 Å². The number of likely N-dealkylation sites (tertiary alicyclic amines) is 1. The standard InChI is InChI=1S/C13H24N2O3/c1-5-7-14-11(16)10-6-8-15(9-10)12(17)18-13(2,3)4/h10H,5-9H2,1-4H3,(H,14,16). The van der Waals surface area contributed by atoms with Crippen molar-refractivity contribution in [2.45, 2.75) is 46.1 Å². The van der Waals surface area contributed by atoms with E-state index in [4.69, 9.17) is 4.74 Å². The van der Waals surface area contributed by atoms with Gasteiger partial charge >= 0.3 is 6.09 Å². The first-order valence-corrected chi connectivity index (χ1v) is 6.59.